The molecule has 1 amide bonds. The summed E-state index contributed by atoms with van der Waals surface area (Å²) in [6.45, 7) is 3.73. The standard InChI is InChI=1S/C30H30ClFN6O2/c31-22-8-2-6-19-5-1-7-20(24(19)22)26-25(32)27-21(16-34-26)28(35-15-18-13-23(39)33-14-18)37-29(36-27)40-17-30-9-3-11-38(30)12-4-10-30/h1-2,5-8,16,18H,3-4,9-15,17H2,(H,33,39)(H,35,36,37). The van der Waals surface area contributed by atoms with Crippen molar-refractivity contribution in [2.75, 3.05) is 38.1 Å². The number of hydrogen-bond acceptors (Lipinski definition) is 7. The van der Waals surface area contributed by atoms with Crippen molar-refractivity contribution in [1.29, 1.82) is 0 Å². The number of pyridine rings is 1. The molecule has 2 aromatic carbocycles. The van der Waals surface area contributed by atoms with Gasteiger partial charge in [0.05, 0.1) is 10.9 Å². The number of carbonyl (C=O) groups excluding carboxylic acids is 1. The Morgan fingerprint density at radius 2 is 1.95 bits per heavy atom. The SMILES string of the molecule is O=C1CC(CNc2nc(OCC34CCCN3CCC4)nc3c(F)c(-c4cccc5cccc(Cl)c45)ncc23)CN1. The molecule has 3 saturated heterocycles. The van der Waals surface area contributed by atoms with Crippen LogP contribution in [0.2, 0.25) is 5.02 Å². The summed E-state index contributed by atoms with van der Waals surface area (Å²) in [5.74, 6) is 0.0347. The summed E-state index contributed by atoms with van der Waals surface area (Å²) in [4.78, 5) is 28.0. The fraction of sp³-hybridized carbons (Fsp3) is 0.400. The van der Waals surface area contributed by atoms with E-state index < -0.39 is 5.82 Å². The van der Waals surface area contributed by atoms with Crippen LogP contribution in [0.5, 0.6) is 6.01 Å². The summed E-state index contributed by atoms with van der Waals surface area (Å²) in [6, 6.07) is 11.4. The van der Waals surface area contributed by atoms with Crippen molar-refractivity contribution in [3.8, 4) is 17.3 Å². The Morgan fingerprint density at radius 3 is 2.73 bits per heavy atom. The van der Waals surface area contributed by atoms with Gasteiger partial charge >= 0.3 is 6.01 Å². The zero-order valence-corrected chi connectivity index (χ0v) is 22.8. The molecular formula is C30H30ClFN6O2. The minimum atomic E-state index is -0.556. The molecule has 0 radical (unpaired) electrons. The summed E-state index contributed by atoms with van der Waals surface area (Å²) < 4.78 is 22.6. The number of benzene rings is 2. The molecule has 8 nitrogen and oxygen atoms in total. The monoisotopic (exact) mass is 560 g/mol. The van der Waals surface area contributed by atoms with Crippen LogP contribution in [-0.2, 0) is 4.79 Å². The van der Waals surface area contributed by atoms with Gasteiger partial charge in [0.15, 0.2) is 5.82 Å². The third-order valence-electron chi connectivity index (χ3n) is 8.67. The highest BCUT2D eigenvalue weighted by atomic mass is 35.5. The molecule has 3 aliphatic heterocycles. The van der Waals surface area contributed by atoms with Crippen LogP contribution in [-0.4, -0.2) is 64.1 Å². The van der Waals surface area contributed by atoms with Crippen molar-refractivity contribution >= 4 is 45.0 Å². The van der Waals surface area contributed by atoms with Crippen LogP contribution in [0.4, 0.5) is 10.2 Å². The summed E-state index contributed by atoms with van der Waals surface area (Å²) >= 11 is 6.56. The molecule has 1 unspecified atom stereocenters. The van der Waals surface area contributed by atoms with E-state index in [4.69, 9.17) is 16.3 Å². The highest BCUT2D eigenvalue weighted by Crippen LogP contribution is 2.40. The zero-order chi connectivity index (χ0) is 27.3. The second-order valence-electron chi connectivity index (χ2n) is 11.1. The van der Waals surface area contributed by atoms with Crippen molar-refractivity contribution in [2.45, 2.75) is 37.6 Å². The van der Waals surface area contributed by atoms with Crippen LogP contribution in [0.15, 0.2) is 42.6 Å². The molecule has 3 fully saturated rings. The zero-order valence-electron chi connectivity index (χ0n) is 22.1. The predicted molar refractivity (Wildman–Crippen MR) is 153 cm³/mol. The Balaban J connectivity index is 1.29. The van der Waals surface area contributed by atoms with E-state index in [1.54, 1.807) is 12.3 Å². The highest BCUT2D eigenvalue weighted by Gasteiger charge is 2.45. The number of amides is 1. The largest absolute Gasteiger partial charge is 0.461 e. The quantitative estimate of drug-likeness (QED) is 0.321. The van der Waals surface area contributed by atoms with Crippen LogP contribution in [0, 0.1) is 11.7 Å². The van der Waals surface area contributed by atoms with Crippen molar-refractivity contribution < 1.29 is 13.9 Å². The number of carbonyl (C=O) groups is 1. The van der Waals surface area contributed by atoms with Gasteiger partial charge in [-0.05, 0) is 50.2 Å². The van der Waals surface area contributed by atoms with Gasteiger partial charge in [-0.15, -0.1) is 0 Å². The molecule has 2 N–H and O–H groups in total. The lowest BCUT2D eigenvalue weighted by atomic mass is 9.95. The number of fused-ring (bicyclic) bond motifs is 3. The maximum atomic E-state index is 16.4. The van der Waals surface area contributed by atoms with Crippen LogP contribution in [0.1, 0.15) is 32.1 Å². The van der Waals surface area contributed by atoms with Gasteiger partial charge < -0.3 is 15.4 Å². The molecule has 0 aliphatic carbocycles. The smallest absolute Gasteiger partial charge is 0.319 e. The molecular weight excluding hydrogens is 531 g/mol. The number of rotatable bonds is 7. The van der Waals surface area contributed by atoms with Gasteiger partial charge in [0, 0.05) is 47.6 Å². The van der Waals surface area contributed by atoms with Gasteiger partial charge in [0.25, 0.3) is 0 Å². The molecule has 5 heterocycles. The molecule has 40 heavy (non-hydrogen) atoms. The Morgan fingerprint density at radius 1 is 1.15 bits per heavy atom. The number of hydrogen-bond donors (Lipinski definition) is 2. The Labute approximate surface area is 236 Å². The number of ether oxygens (including phenoxy) is 1. The van der Waals surface area contributed by atoms with Crippen molar-refractivity contribution in [1.82, 2.24) is 25.2 Å². The van der Waals surface area contributed by atoms with Gasteiger partial charge in [-0.1, -0.05) is 41.9 Å². The summed E-state index contributed by atoms with van der Waals surface area (Å²) in [5.41, 5.74) is 0.905. The van der Waals surface area contributed by atoms with Crippen molar-refractivity contribution in [3.63, 3.8) is 0 Å². The third kappa shape index (κ3) is 4.41. The van der Waals surface area contributed by atoms with E-state index in [-0.39, 0.29) is 34.6 Å². The van der Waals surface area contributed by atoms with E-state index in [0.29, 0.717) is 47.9 Å². The first-order chi connectivity index (χ1) is 19.5. The maximum Gasteiger partial charge on any atom is 0.319 e. The second-order valence-corrected chi connectivity index (χ2v) is 11.6. The average Bonchev–Trinajstić information content (AvgIpc) is 3.67. The van der Waals surface area contributed by atoms with Gasteiger partial charge in [-0.25, -0.2) is 4.39 Å². The third-order valence-corrected chi connectivity index (χ3v) is 8.99. The number of halogens is 2. The number of aromatic nitrogens is 3. The maximum absolute atomic E-state index is 16.4. The molecule has 7 rings (SSSR count). The first kappa shape index (κ1) is 25.4. The number of nitrogens with zero attached hydrogens (tertiary/aromatic N) is 4. The topological polar surface area (TPSA) is 92.3 Å². The number of anilines is 1. The molecule has 0 bridgehead atoms. The minimum Gasteiger partial charge on any atom is -0.461 e. The van der Waals surface area contributed by atoms with E-state index in [2.05, 4.69) is 30.5 Å². The van der Waals surface area contributed by atoms with Crippen LogP contribution in [0.25, 0.3) is 32.9 Å². The van der Waals surface area contributed by atoms with E-state index in [1.165, 1.54) is 0 Å². The normalized spacial score (nSPS) is 20.2. The first-order valence-corrected chi connectivity index (χ1v) is 14.3. The van der Waals surface area contributed by atoms with Gasteiger partial charge in [0.1, 0.15) is 23.6 Å². The summed E-state index contributed by atoms with van der Waals surface area (Å²) in [7, 11) is 0. The molecule has 4 aromatic rings. The molecule has 10 heteroatoms. The lowest BCUT2D eigenvalue weighted by Crippen LogP contribution is -2.43. The Bertz CT molecular complexity index is 1620. The Hall–Kier alpha value is -3.56. The van der Waals surface area contributed by atoms with E-state index in [9.17, 15) is 4.79 Å². The van der Waals surface area contributed by atoms with Crippen LogP contribution >= 0.6 is 11.6 Å². The summed E-state index contributed by atoms with van der Waals surface area (Å²) in [5, 5.41) is 8.81. The van der Waals surface area contributed by atoms with Gasteiger partial charge in [-0.3, -0.25) is 14.7 Å². The van der Waals surface area contributed by atoms with Gasteiger partial charge in [0.2, 0.25) is 5.91 Å². The Kier molecular flexibility index (Phi) is 6.43. The molecule has 3 aliphatic rings. The van der Waals surface area contributed by atoms with E-state index in [1.807, 2.05) is 30.3 Å². The molecule has 2 aromatic heterocycles. The van der Waals surface area contributed by atoms with Crippen molar-refractivity contribution in [2.24, 2.45) is 5.92 Å². The van der Waals surface area contributed by atoms with Gasteiger partial charge in [-0.2, -0.15) is 9.97 Å². The summed E-state index contributed by atoms with van der Waals surface area (Å²) in [6.07, 6.45) is 6.51. The fourth-order valence-corrected chi connectivity index (χ4v) is 6.91. The highest BCUT2D eigenvalue weighted by molar-refractivity contribution is 6.36. The van der Waals surface area contributed by atoms with Crippen LogP contribution in [0.3, 0.4) is 0 Å². The van der Waals surface area contributed by atoms with Crippen molar-refractivity contribution in [3.05, 3.63) is 53.4 Å². The van der Waals surface area contributed by atoms with E-state index >= 15 is 4.39 Å². The molecule has 1 atom stereocenters. The fourth-order valence-electron chi connectivity index (χ4n) is 6.63. The molecule has 0 spiro atoms. The molecule has 0 saturated carbocycles. The predicted octanol–water partition coefficient (Wildman–Crippen LogP) is 5.19. The van der Waals surface area contributed by atoms with E-state index in [0.717, 1.165) is 49.5 Å². The average molecular weight is 561 g/mol. The first-order valence-electron chi connectivity index (χ1n) is 13.9. The second kappa shape index (κ2) is 10.1. The molecule has 206 valence electrons. The minimum absolute atomic E-state index is 0.00341. The van der Waals surface area contributed by atoms with Crippen LogP contribution < -0.4 is 15.4 Å². The lowest BCUT2D eigenvalue weighted by molar-refractivity contribution is -0.119. The lowest BCUT2D eigenvalue weighted by Gasteiger charge is -2.31. The number of nitrogens with one attached hydrogen (secondary N) is 2.